The summed E-state index contributed by atoms with van der Waals surface area (Å²) >= 11 is 5.71. The van der Waals surface area contributed by atoms with Crippen molar-refractivity contribution in [1.29, 1.82) is 0 Å². The molecule has 4 rings (SSSR count). The standard InChI is InChI=1S/C21H24ClN3O2/c1-20-8-6-16-14(15(20)3-4-19(20)27)12-18(24-25-23)17-11-13(26)5-9-21(16,17)7-2-10-22/h11,14-16,18H,3-9,12H2,1H3/t14-,15-,16-,18-,20-,21+/m0/s1. The number of rotatable bonds is 2. The van der Waals surface area contributed by atoms with E-state index in [0.717, 1.165) is 37.7 Å². The molecule has 0 unspecified atom stereocenters. The number of hydrogen-bond acceptors (Lipinski definition) is 3. The summed E-state index contributed by atoms with van der Waals surface area (Å²) in [5.74, 6) is 4.58. The van der Waals surface area contributed by atoms with Crippen molar-refractivity contribution in [2.75, 3.05) is 0 Å². The molecule has 0 saturated heterocycles. The van der Waals surface area contributed by atoms with Crippen LogP contribution in [0, 0.1) is 39.9 Å². The predicted molar refractivity (Wildman–Crippen MR) is 103 cm³/mol. The maximum absolute atomic E-state index is 12.6. The number of nitrogens with zero attached hydrogens (tertiary/aromatic N) is 3. The van der Waals surface area contributed by atoms with Crippen molar-refractivity contribution in [2.24, 2.45) is 33.7 Å². The second kappa shape index (κ2) is 6.69. The minimum absolute atomic E-state index is 0.104. The zero-order valence-corrected chi connectivity index (χ0v) is 16.3. The van der Waals surface area contributed by atoms with Crippen LogP contribution in [0.4, 0.5) is 0 Å². The first-order chi connectivity index (χ1) is 13.0. The number of ketones is 2. The van der Waals surface area contributed by atoms with E-state index in [-0.39, 0.29) is 22.7 Å². The van der Waals surface area contributed by atoms with E-state index in [1.165, 1.54) is 0 Å². The summed E-state index contributed by atoms with van der Waals surface area (Å²) in [4.78, 5) is 27.9. The second-order valence-corrected chi connectivity index (χ2v) is 9.11. The Hall–Kier alpha value is -1.76. The van der Waals surface area contributed by atoms with Gasteiger partial charge in [0.1, 0.15) is 5.78 Å². The smallest absolute Gasteiger partial charge is 0.155 e. The van der Waals surface area contributed by atoms with Crippen LogP contribution in [-0.2, 0) is 9.59 Å². The Morgan fingerprint density at radius 1 is 1.30 bits per heavy atom. The van der Waals surface area contributed by atoms with Crippen molar-refractivity contribution in [3.05, 3.63) is 22.1 Å². The van der Waals surface area contributed by atoms with Gasteiger partial charge in [-0.05, 0) is 73.1 Å². The van der Waals surface area contributed by atoms with Crippen molar-refractivity contribution in [3.8, 4) is 11.3 Å². The molecular formula is C21H24ClN3O2. The molecule has 4 aliphatic carbocycles. The van der Waals surface area contributed by atoms with E-state index in [1.807, 2.05) is 0 Å². The number of Topliss-reactive ketones (excluding diaryl/α,β-unsaturated/α-hetero) is 1. The molecule has 0 N–H and O–H groups in total. The van der Waals surface area contributed by atoms with Crippen molar-refractivity contribution in [2.45, 2.75) is 64.3 Å². The monoisotopic (exact) mass is 385 g/mol. The largest absolute Gasteiger partial charge is 0.299 e. The van der Waals surface area contributed by atoms with Crippen molar-refractivity contribution in [1.82, 2.24) is 0 Å². The number of azide groups is 1. The fraction of sp³-hybridized carbons (Fsp3) is 0.714. The highest BCUT2D eigenvalue weighted by Gasteiger charge is 2.61. The van der Waals surface area contributed by atoms with E-state index in [4.69, 9.17) is 17.1 Å². The molecule has 3 fully saturated rings. The molecule has 4 aliphatic rings. The van der Waals surface area contributed by atoms with Gasteiger partial charge < -0.3 is 0 Å². The first-order valence-electron chi connectivity index (χ1n) is 9.87. The predicted octanol–water partition coefficient (Wildman–Crippen LogP) is 4.95. The number of fused-ring (bicyclic) bond motifs is 5. The summed E-state index contributed by atoms with van der Waals surface area (Å²) in [5, 5.41) is 6.61. The molecule has 0 aromatic heterocycles. The Labute approximate surface area is 164 Å². The van der Waals surface area contributed by atoms with Crippen molar-refractivity contribution in [3.63, 3.8) is 0 Å². The van der Waals surface area contributed by atoms with E-state index in [2.05, 4.69) is 28.2 Å². The fourth-order valence-corrected chi connectivity index (χ4v) is 6.92. The average molecular weight is 386 g/mol. The number of carbonyl (C=O) groups is 2. The Morgan fingerprint density at radius 3 is 2.85 bits per heavy atom. The van der Waals surface area contributed by atoms with Crippen LogP contribution in [0.2, 0.25) is 0 Å². The van der Waals surface area contributed by atoms with E-state index < -0.39 is 0 Å². The molecule has 0 aliphatic heterocycles. The Balaban J connectivity index is 1.83. The highest BCUT2D eigenvalue weighted by atomic mass is 35.5. The third-order valence-corrected chi connectivity index (χ3v) is 8.21. The van der Waals surface area contributed by atoms with Gasteiger partial charge in [-0.2, -0.15) is 0 Å². The van der Waals surface area contributed by atoms with Crippen LogP contribution in [0.5, 0.6) is 0 Å². The van der Waals surface area contributed by atoms with E-state index >= 15 is 0 Å². The van der Waals surface area contributed by atoms with Gasteiger partial charge in [0, 0.05) is 40.4 Å². The quantitative estimate of drug-likeness (QED) is 0.291. The summed E-state index contributed by atoms with van der Waals surface area (Å²) in [6.07, 6.45) is 7.73. The minimum Gasteiger partial charge on any atom is -0.299 e. The van der Waals surface area contributed by atoms with Crippen LogP contribution < -0.4 is 0 Å². The normalized spacial score (nSPS) is 42.7. The van der Waals surface area contributed by atoms with Gasteiger partial charge in [-0.3, -0.25) is 9.59 Å². The van der Waals surface area contributed by atoms with E-state index in [9.17, 15) is 9.59 Å². The lowest BCUT2D eigenvalue weighted by Crippen LogP contribution is -2.54. The molecule has 6 atom stereocenters. The van der Waals surface area contributed by atoms with Gasteiger partial charge in [0.2, 0.25) is 0 Å². The first-order valence-corrected chi connectivity index (χ1v) is 10.2. The lowest BCUT2D eigenvalue weighted by atomic mass is 9.45. The average Bonchev–Trinajstić information content (AvgIpc) is 2.96. The van der Waals surface area contributed by atoms with Crippen LogP contribution >= 0.6 is 11.6 Å². The zero-order valence-electron chi connectivity index (χ0n) is 15.6. The maximum atomic E-state index is 12.6. The lowest BCUT2D eigenvalue weighted by molar-refractivity contribution is -0.133. The Bertz CT molecular complexity index is 834. The molecule has 142 valence electrons. The van der Waals surface area contributed by atoms with Crippen LogP contribution in [0.3, 0.4) is 0 Å². The molecular weight excluding hydrogens is 362 g/mol. The maximum Gasteiger partial charge on any atom is 0.155 e. The molecule has 27 heavy (non-hydrogen) atoms. The second-order valence-electron chi connectivity index (χ2n) is 8.92. The van der Waals surface area contributed by atoms with Gasteiger partial charge >= 0.3 is 0 Å². The van der Waals surface area contributed by atoms with Gasteiger partial charge in [0.05, 0.1) is 6.04 Å². The van der Waals surface area contributed by atoms with Crippen LogP contribution in [0.15, 0.2) is 16.8 Å². The highest BCUT2D eigenvalue weighted by molar-refractivity contribution is 6.30. The summed E-state index contributed by atoms with van der Waals surface area (Å²) in [6.45, 7) is 2.13. The lowest BCUT2D eigenvalue weighted by Gasteiger charge is -2.59. The van der Waals surface area contributed by atoms with E-state index in [0.29, 0.717) is 42.8 Å². The molecule has 0 heterocycles. The summed E-state index contributed by atoms with van der Waals surface area (Å²) in [6, 6.07) is -0.323. The van der Waals surface area contributed by atoms with Crippen LogP contribution in [0.1, 0.15) is 58.3 Å². The molecule has 0 aromatic carbocycles. The Kier molecular flexibility index (Phi) is 4.61. The molecule has 0 spiro atoms. The molecule has 5 nitrogen and oxygen atoms in total. The first kappa shape index (κ1) is 18.6. The molecule has 0 aromatic rings. The number of carbonyl (C=O) groups excluding carboxylic acids is 2. The highest BCUT2D eigenvalue weighted by Crippen LogP contribution is 2.65. The SMILES string of the molecule is C[C@]12CC[C@H]3[C@@H](C[C@H](N=[N+]=[N-])C4=CC(=O)CC[C@@]43CC#CCl)[C@@H]1CCC2=O. The molecule has 3 saturated carbocycles. The van der Waals surface area contributed by atoms with Gasteiger partial charge in [0.15, 0.2) is 5.78 Å². The summed E-state index contributed by atoms with van der Waals surface area (Å²) < 4.78 is 0. The van der Waals surface area contributed by atoms with Gasteiger partial charge in [0.25, 0.3) is 0 Å². The summed E-state index contributed by atoms with van der Waals surface area (Å²) in [7, 11) is 0. The van der Waals surface area contributed by atoms with Gasteiger partial charge in [-0.1, -0.05) is 23.5 Å². The molecule has 0 amide bonds. The van der Waals surface area contributed by atoms with Crippen LogP contribution in [-0.4, -0.2) is 17.6 Å². The van der Waals surface area contributed by atoms with Crippen LogP contribution in [0.25, 0.3) is 10.4 Å². The summed E-state index contributed by atoms with van der Waals surface area (Å²) in [5.41, 5.74) is 9.61. The Morgan fingerprint density at radius 2 is 2.11 bits per heavy atom. The topological polar surface area (TPSA) is 82.9 Å². The van der Waals surface area contributed by atoms with Gasteiger partial charge in [-0.15, -0.1) is 0 Å². The minimum atomic E-state index is -0.323. The van der Waals surface area contributed by atoms with Crippen molar-refractivity contribution >= 4 is 23.2 Å². The van der Waals surface area contributed by atoms with E-state index in [1.54, 1.807) is 6.08 Å². The molecule has 6 heteroatoms. The zero-order chi connectivity index (χ0) is 19.2. The van der Waals surface area contributed by atoms with Gasteiger partial charge in [-0.25, -0.2) is 0 Å². The molecule has 0 radical (unpaired) electrons. The number of hydrogen-bond donors (Lipinski definition) is 0. The third kappa shape index (κ3) is 2.65. The fourth-order valence-electron chi connectivity index (χ4n) is 6.85. The third-order valence-electron chi connectivity index (χ3n) is 8.08. The van der Waals surface area contributed by atoms with Crippen molar-refractivity contribution < 1.29 is 9.59 Å². The molecule has 0 bridgehead atoms. The number of halogens is 1.